The number of benzene rings is 2. The van der Waals surface area contributed by atoms with Gasteiger partial charge in [0.2, 0.25) is 10.0 Å². The van der Waals surface area contributed by atoms with Gasteiger partial charge >= 0.3 is 5.97 Å². The molecule has 0 aliphatic carbocycles. The number of carbonyl (C=O) groups excluding carboxylic acids is 3. The second-order valence-electron chi connectivity index (χ2n) is 7.91. The third-order valence-corrected chi connectivity index (χ3v) is 7.40. The molecular formula is C24H28N2O7S. The van der Waals surface area contributed by atoms with E-state index in [1.165, 1.54) is 36.5 Å². The van der Waals surface area contributed by atoms with Gasteiger partial charge in [-0.3, -0.25) is 9.59 Å². The van der Waals surface area contributed by atoms with Crippen molar-refractivity contribution >= 4 is 33.4 Å². The first-order chi connectivity index (χ1) is 16.2. The van der Waals surface area contributed by atoms with Gasteiger partial charge in [0.05, 0.1) is 17.7 Å². The van der Waals surface area contributed by atoms with Crippen LogP contribution in [-0.4, -0.2) is 57.2 Å². The summed E-state index contributed by atoms with van der Waals surface area (Å²) in [6.45, 7) is 1.60. The summed E-state index contributed by atoms with van der Waals surface area (Å²) < 4.78 is 38.0. The summed E-state index contributed by atoms with van der Waals surface area (Å²) in [5, 5.41) is 2.54. The van der Waals surface area contributed by atoms with Crippen LogP contribution in [0.5, 0.6) is 5.75 Å². The normalized spacial score (nSPS) is 14.6. The van der Waals surface area contributed by atoms with Crippen LogP contribution < -0.4 is 10.1 Å². The summed E-state index contributed by atoms with van der Waals surface area (Å²) in [5.74, 6) is -1.64. The number of ether oxygens (including phenoxy) is 2. The molecule has 0 aromatic heterocycles. The second-order valence-corrected chi connectivity index (χ2v) is 9.84. The van der Waals surface area contributed by atoms with Crippen LogP contribution in [-0.2, 0) is 19.6 Å². The van der Waals surface area contributed by atoms with Crippen LogP contribution in [0.1, 0.15) is 53.3 Å². The minimum absolute atomic E-state index is 0.0398. The summed E-state index contributed by atoms with van der Waals surface area (Å²) in [6.07, 6.45) is 3.52. The molecule has 0 radical (unpaired) electrons. The molecule has 1 heterocycles. The van der Waals surface area contributed by atoms with E-state index in [1.54, 1.807) is 24.3 Å². The van der Waals surface area contributed by atoms with E-state index in [0.29, 0.717) is 24.3 Å². The van der Waals surface area contributed by atoms with Crippen molar-refractivity contribution in [2.24, 2.45) is 0 Å². The van der Waals surface area contributed by atoms with Crippen LogP contribution in [0.25, 0.3) is 0 Å². The zero-order valence-electron chi connectivity index (χ0n) is 19.2. The smallest absolute Gasteiger partial charge is 0.342 e. The van der Waals surface area contributed by atoms with Gasteiger partial charge in [0.1, 0.15) is 11.3 Å². The Balaban J connectivity index is 1.74. The molecule has 0 atom stereocenters. The number of nitrogens with one attached hydrogen (secondary N) is 1. The van der Waals surface area contributed by atoms with Crippen LogP contribution in [0.15, 0.2) is 47.4 Å². The topological polar surface area (TPSA) is 119 Å². The highest BCUT2D eigenvalue weighted by Gasteiger charge is 2.27. The monoisotopic (exact) mass is 488 g/mol. The lowest BCUT2D eigenvalue weighted by atomic mass is 10.1. The predicted octanol–water partition coefficient (Wildman–Crippen LogP) is 3.26. The van der Waals surface area contributed by atoms with Crippen LogP contribution >= 0.6 is 0 Å². The maximum atomic E-state index is 13.1. The van der Waals surface area contributed by atoms with Crippen molar-refractivity contribution in [1.82, 2.24) is 4.31 Å². The molecule has 0 bridgehead atoms. The number of rotatable bonds is 8. The van der Waals surface area contributed by atoms with E-state index in [4.69, 9.17) is 9.47 Å². The van der Waals surface area contributed by atoms with Gasteiger partial charge in [0.15, 0.2) is 12.4 Å². The molecule has 1 saturated heterocycles. The molecule has 0 spiro atoms. The van der Waals surface area contributed by atoms with Gasteiger partial charge in [0.25, 0.3) is 5.91 Å². The Hall–Kier alpha value is -3.24. The highest BCUT2D eigenvalue weighted by molar-refractivity contribution is 7.89. The largest absolute Gasteiger partial charge is 0.496 e. The van der Waals surface area contributed by atoms with Crippen molar-refractivity contribution in [3.05, 3.63) is 53.6 Å². The standard InChI is InChI=1S/C24H28N2O7S/c1-17(27)19-9-5-6-10-21(19)25-23(28)16-33-24(29)20-15-18(11-12-22(20)32-2)34(30,31)26-13-7-3-4-8-14-26/h5-6,9-12,15H,3-4,7-8,13-14,16H2,1-2H3,(H,25,28). The summed E-state index contributed by atoms with van der Waals surface area (Å²) in [7, 11) is -2.44. The van der Waals surface area contributed by atoms with E-state index in [-0.39, 0.29) is 22.0 Å². The zero-order chi connectivity index (χ0) is 24.7. The van der Waals surface area contributed by atoms with Crippen molar-refractivity contribution < 1.29 is 32.3 Å². The molecule has 1 aliphatic rings. The number of Topliss-reactive ketones (excluding diaryl/α,β-unsaturated/α-hetero) is 1. The molecule has 3 rings (SSSR count). The number of anilines is 1. The summed E-state index contributed by atoms with van der Waals surface area (Å²) >= 11 is 0. The number of amides is 1. The molecule has 0 saturated carbocycles. The quantitative estimate of drug-likeness (QED) is 0.447. The van der Waals surface area contributed by atoms with Gasteiger partial charge in [-0.15, -0.1) is 0 Å². The van der Waals surface area contributed by atoms with Crippen LogP contribution in [0, 0.1) is 0 Å². The maximum Gasteiger partial charge on any atom is 0.342 e. The average molecular weight is 489 g/mol. The molecule has 10 heteroatoms. The molecule has 1 N–H and O–H groups in total. The number of sulfonamides is 1. The van der Waals surface area contributed by atoms with Crippen molar-refractivity contribution in [1.29, 1.82) is 0 Å². The molecule has 182 valence electrons. The summed E-state index contributed by atoms with van der Waals surface area (Å²) in [5.41, 5.74) is 0.532. The number of esters is 1. The fourth-order valence-electron chi connectivity index (χ4n) is 3.73. The Morgan fingerprint density at radius 3 is 2.29 bits per heavy atom. The molecule has 1 fully saturated rings. The van der Waals surface area contributed by atoms with E-state index in [0.717, 1.165) is 25.7 Å². The van der Waals surface area contributed by atoms with Crippen LogP contribution in [0.3, 0.4) is 0 Å². The lowest BCUT2D eigenvalue weighted by Crippen LogP contribution is -2.32. The minimum atomic E-state index is -3.79. The first kappa shape index (κ1) is 25.4. The molecular weight excluding hydrogens is 460 g/mol. The number of hydrogen-bond acceptors (Lipinski definition) is 7. The minimum Gasteiger partial charge on any atom is -0.496 e. The fraction of sp³-hybridized carbons (Fsp3) is 0.375. The molecule has 34 heavy (non-hydrogen) atoms. The van der Waals surface area contributed by atoms with Gasteiger partial charge in [-0.1, -0.05) is 25.0 Å². The number of methoxy groups -OCH3 is 1. The van der Waals surface area contributed by atoms with Crippen molar-refractivity contribution in [3.8, 4) is 5.75 Å². The van der Waals surface area contributed by atoms with E-state index in [1.807, 2.05) is 0 Å². The first-order valence-electron chi connectivity index (χ1n) is 11.0. The van der Waals surface area contributed by atoms with Gasteiger partial charge in [0, 0.05) is 18.7 Å². The second kappa shape index (κ2) is 11.3. The number of carbonyl (C=O) groups is 3. The fourth-order valence-corrected chi connectivity index (χ4v) is 5.28. The number of nitrogens with zero attached hydrogens (tertiary/aromatic N) is 1. The van der Waals surface area contributed by atoms with Gasteiger partial charge < -0.3 is 14.8 Å². The first-order valence-corrected chi connectivity index (χ1v) is 12.4. The van der Waals surface area contributed by atoms with Gasteiger partial charge in [-0.2, -0.15) is 4.31 Å². The van der Waals surface area contributed by atoms with E-state index in [2.05, 4.69) is 5.32 Å². The Kier molecular flexibility index (Phi) is 8.41. The molecule has 0 unspecified atom stereocenters. The van der Waals surface area contributed by atoms with Crippen LogP contribution in [0.2, 0.25) is 0 Å². The summed E-state index contributed by atoms with van der Waals surface area (Å²) in [4.78, 5) is 36.7. The van der Waals surface area contributed by atoms with E-state index in [9.17, 15) is 22.8 Å². The Morgan fingerprint density at radius 1 is 0.971 bits per heavy atom. The molecule has 9 nitrogen and oxygen atoms in total. The Bertz CT molecular complexity index is 1170. The van der Waals surface area contributed by atoms with Crippen molar-refractivity contribution in [3.63, 3.8) is 0 Å². The highest BCUT2D eigenvalue weighted by atomic mass is 32.2. The Morgan fingerprint density at radius 2 is 1.65 bits per heavy atom. The molecule has 1 aliphatic heterocycles. The van der Waals surface area contributed by atoms with Gasteiger partial charge in [-0.05, 0) is 50.1 Å². The zero-order valence-corrected chi connectivity index (χ0v) is 20.0. The Labute approximate surface area is 199 Å². The lowest BCUT2D eigenvalue weighted by molar-refractivity contribution is -0.119. The third kappa shape index (κ3) is 6.00. The average Bonchev–Trinajstić information content (AvgIpc) is 3.12. The lowest BCUT2D eigenvalue weighted by Gasteiger charge is -2.20. The van der Waals surface area contributed by atoms with Crippen molar-refractivity contribution in [2.75, 3.05) is 32.1 Å². The van der Waals surface area contributed by atoms with E-state index >= 15 is 0 Å². The van der Waals surface area contributed by atoms with Crippen molar-refractivity contribution in [2.45, 2.75) is 37.5 Å². The molecule has 2 aromatic rings. The van der Waals surface area contributed by atoms with Crippen LogP contribution in [0.4, 0.5) is 5.69 Å². The summed E-state index contributed by atoms with van der Waals surface area (Å²) in [6, 6.07) is 10.5. The molecule has 2 aromatic carbocycles. The highest BCUT2D eigenvalue weighted by Crippen LogP contribution is 2.27. The predicted molar refractivity (Wildman–Crippen MR) is 126 cm³/mol. The SMILES string of the molecule is COc1ccc(S(=O)(=O)N2CCCCCC2)cc1C(=O)OCC(=O)Nc1ccccc1C(C)=O. The van der Waals surface area contributed by atoms with Gasteiger partial charge in [-0.25, -0.2) is 13.2 Å². The molecule has 1 amide bonds. The van der Waals surface area contributed by atoms with E-state index < -0.39 is 28.5 Å². The number of hydrogen-bond donors (Lipinski definition) is 1. The maximum absolute atomic E-state index is 13.1. The number of para-hydroxylation sites is 1. The number of ketones is 1. The third-order valence-electron chi connectivity index (χ3n) is 5.51.